The summed E-state index contributed by atoms with van der Waals surface area (Å²) < 4.78 is 4.46. The van der Waals surface area contributed by atoms with Crippen LogP contribution in [0.5, 0.6) is 0 Å². The molecular formula is C11H18O5. The van der Waals surface area contributed by atoms with Gasteiger partial charge in [0.25, 0.3) is 0 Å². The molecule has 92 valence electrons. The van der Waals surface area contributed by atoms with Crippen LogP contribution in [0.2, 0.25) is 0 Å². The van der Waals surface area contributed by atoms with Gasteiger partial charge >= 0.3 is 11.9 Å². The van der Waals surface area contributed by atoms with E-state index < -0.39 is 11.9 Å². The lowest BCUT2D eigenvalue weighted by molar-refractivity contribution is -0.140. The zero-order chi connectivity index (χ0) is 13.1. The van der Waals surface area contributed by atoms with Crippen molar-refractivity contribution in [1.29, 1.82) is 0 Å². The molecule has 0 saturated carbocycles. The predicted molar refractivity (Wildman–Crippen MR) is 59.9 cm³/mol. The number of carbonyl (C=O) groups excluding carboxylic acids is 1. The highest BCUT2D eigenvalue weighted by atomic mass is 16.5. The van der Waals surface area contributed by atoms with E-state index in [0.29, 0.717) is 11.1 Å². The average molecular weight is 230 g/mol. The minimum atomic E-state index is -0.845. The van der Waals surface area contributed by atoms with Crippen LogP contribution in [0.1, 0.15) is 20.8 Å². The number of aliphatic hydroxyl groups excluding tert-OH is 1. The molecule has 0 saturated heterocycles. The van der Waals surface area contributed by atoms with Crippen molar-refractivity contribution in [2.75, 3.05) is 13.2 Å². The van der Waals surface area contributed by atoms with Crippen molar-refractivity contribution < 1.29 is 24.5 Å². The largest absolute Gasteiger partial charge is 0.478 e. The summed E-state index contributed by atoms with van der Waals surface area (Å²) in [6.45, 7) is 8.07. The Morgan fingerprint density at radius 1 is 1.38 bits per heavy atom. The molecule has 0 bridgehead atoms. The van der Waals surface area contributed by atoms with Gasteiger partial charge in [0.15, 0.2) is 0 Å². The summed E-state index contributed by atoms with van der Waals surface area (Å²) in [5, 5.41) is 16.3. The molecule has 0 aromatic carbocycles. The molecule has 5 heteroatoms. The van der Waals surface area contributed by atoms with Crippen molar-refractivity contribution in [2.45, 2.75) is 20.8 Å². The molecule has 2 N–H and O–H groups in total. The summed E-state index contributed by atoms with van der Waals surface area (Å²) >= 11 is 0. The lowest BCUT2D eigenvalue weighted by atomic mass is 10.3. The number of carboxylic acids is 1. The second kappa shape index (κ2) is 9.92. The lowest BCUT2D eigenvalue weighted by Crippen LogP contribution is -2.08. The summed E-state index contributed by atoms with van der Waals surface area (Å²) in [5.74, 6) is -1.30. The highest BCUT2D eigenvalue weighted by Crippen LogP contribution is 1.90. The third-order valence-electron chi connectivity index (χ3n) is 1.44. The Morgan fingerprint density at radius 3 is 2.06 bits per heavy atom. The van der Waals surface area contributed by atoms with Crippen molar-refractivity contribution in [1.82, 2.24) is 0 Å². The van der Waals surface area contributed by atoms with E-state index in [4.69, 9.17) is 10.2 Å². The van der Waals surface area contributed by atoms with Crippen LogP contribution in [-0.2, 0) is 14.3 Å². The number of aliphatic hydroxyl groups is 1. The smallest absolute Gasteiger partial charge is 0.333 e. The number of hydrogen-bond acceptors (Lipinski definition) is 4. The standard InChI is InChI=1S/C6H10O3.C5H8O2/c1-5(2)6(8)9-4-3-7;1-3-4(2)5(6)7/h7H,1,3-4H2,2H3;3H,1-2H3,(H,6,7). The highest BCUT2D eigenvalue weighted by Gasteiger charge is 1.99. The molecule has 0 aromatic rings. The van der Waals surface area contributed by atoms with E-state index in [1.54, 1.807) is 26.8 Å². The number of allylic oxidation sites excluding steroid dienone is 1. The molecule has 0 fully saturated rings. The first kappa shape index (κ1) is 16.8. The van der Waals surface area contributed by atoms with E-state index >= 15 is 0 Å². The predicted octanol–water partition coefficient (Wildman–Crippen LogP) is 1.14. The summed E-state index contributed by atoms with van der Waals surface area (Å²) in [6.07, 6.45) is 1.56. The molecule has 0 aliphatic heterocycles. The van der Waals surface area contributed by atoms with Crippen molar-refractivity contribution in [2.24, 2.45) is 0 Å². The molecule has 0 atom stereocenters. The molecule has 5 nitrogen and oxygen atoms in total. The van der Waals surface area contributed by atoms with Crippen molar-refractivity contribution in [3.63, 3.8) is 0 Å². The summed E-state index contributed by atoms with van der Waals surface area (Å²) in [4.78, 5) is 20.3. The van der Waals surface area contributed by atoms with Crippen molar-refractivity contribution >= 4 is 11.9 Å². The average Bonchev–Trinajstić information content (AvgIpc) is 2.25. The number of ether oxygens (including phenoxy) is 1. The van der Waals surface area contributed by atoms with Gasteiger partial charge in [0.1, 0.15) is 6.61 Å². The van der Waals surface area contributed by atoms with E-state index in [0.717, 1.165) is 0 Å². The number of carboxylic acid groups (broad SMARTS) is 1. The number of esters is 1. The second-order valence-electron chi connectivity index (χ2n) is 2.92. The molecular weight excluding hydrogens is 212 g/mol. The van der Waals surface area contributed by atoms with Gasteiger partial charge in [-0.1, -0.05) is 12.7 Å². The van der Waals surface area contributed by atoms with Gasteiger partial charge in [-0.3, -0.25) is 0 Å². The van der Waals surface area contributed by atoms with Gasteiger partial charge in [-0.05, 0) is 20.8 Å². The van der Waals surface area contributed by atoms with Crippen LogP contribution in [0.4, 0.5) is 0 Å². The Hall–Kier alpha value is -1.62. The Morgan fingerprint density at radius 2 is 1.88 bits per heavy atom. The molecule has 0 radical (unpaired) electrons. The molecule has 0 spiro atoms. The zero-order valence-electron chi connectivity index (χ0n) is 9.82. The molecule has 0 aliphatic carbocycles. The zero-order valence-corrected chi connectivity index (χ0v) is 9.82. The first-order valence-electron chi connectivity index (χ1n) is 4.66. The van der Waals surface area contributed by atoms with Crippen molar-refractivity contribution in [3.05, 3.63) is 23.8 Å². The molecule has 0 rings (SSSR count). The van der Waals surface area contributed by atoms with Gasteiger partial charge in [-0.25, -0.2) is 9.59 Å². The van der Waals surface area contributed by atoms with Crippen LogP contribution in [0.15, 0.2) is 23.8 Å². The van der Waals surface area contributed by atoms with E-state index in [1.165, 1.54) is 0 Å². The summed E-state index contributed by atoms with van der Waals surface area (Å²) in [7, 11) is 0. The SMILES string of the molecule is C=C(C)C(=O)OCCO.CC=C(C)C(=O)O. The van der Waals surface area contributed by atoms with E-state index in [9.17, 15) is 9.59 Å². The third kappa shape index (κ3) is 10.5. The fourth-order valence-electron chi connectivity index (χ4n) is 0.385. The quantitative estimate of drug-likeness (QED) is 0.558. The first-order chi connectivity index (χ1) is 7.36. The van der Waals surface area contributed by atoms with Gasteiger partial charge in [0, 0.05) is 11.1 Å². The molecule has 0 heterocycles. The molecule has 0 amide bonds. The molecule has 0 aromatic heterocycles. The van der Waals surface area contributed by atoms with Crippen LogP contribution >= 0.6 is 0 Å². The van der Waals surface area contributed by atoms with Gasteiger partial charge in [0.2, 0.25) is 0 Å². The minimum absolute atomic E-state index is 0.0473. The maximum atomic E-state index is 10.5. The van der Waals surface area contributed by atoms with Gasteiger partial charge in [-0.15, -0.1) is 0 Å². The third-order valence-corrected chi connectivity index (χ3v) is 1.44. The monoisotopic (exact) mass is 230 g/mol. The van der Waals surface area contributed by atoms with Crippen molar-refractivity contribution in [3.8, 4) is 0 Å². The van der Waals surface area contributed by atoms with E-state index in [2.05, 4.69) is 11.3 Å². The van der Waals surface area contributed by atoms with Crippen LogP contribution in [0.3, 0.4) is 0 Å². The topological polar surface area (TPSA) is 83.8 Å². The maximum absolute atomic E-state index is 10.5. The van der Waals surface area contributed by atoms with Gasteiger partial charge < -0.3 is 14.9 Å². The number of carbonyl (C=O) groups is 2. The Kier molecular flexibility index (Phi) is 10.4. The molecule has 0 aliphatic rings. The minimum Gasteiger partial charge on any atom is -0.478 e. The van der Waals surface area contributed by atoms with Gasteiger partial charge in [-0.2, -0.15) is 0 Å². The highest BCUT2D eigenvalue weighted by molar-refractivity contribution is 5.86. The van der Waals surface area contributed by atoms with Crippen LogP contribution in [0.25, 0.3) is 0 Å². The van der Waals surface area contributed by atoms with Crippen LogP contribution in [0, 0.1) is 0 Å². The number of rotatable bonds is 4. The van der Waals surface area contributed by atoms with Gasteiger partial charge in [0.05, 0.1) is 6.61 Å². The Bertz CT molecular complexity index is 278. The fourth-order valence-corrected chi connectivity index (χ4v) is 0.385. The summed E-state index contributed by atoms with van der Waals surface area (Å²) in [5.41, 5.74) is 0.739. The summed E-state index contributed by atoms with van der Waals surface area (Å²) in [6, 6.07) is 0. The normalized spacial score (nSPS) is 9.88. The molecule has 0 unspecified atom stereocenters. The van der Waals surface area contributed by atoms with E-state index in [1.807, 2.05) is 0 Å². The van der Waals surface area contributed by atoms with E-state index in [-0.39, 0.29) is 13.2 Å². The number of hydrogen-bond donors (Lipinski definition) is 2. The lowest BCUT2D eigenvalue weighted by Gasteiger charge is -1.99. The maximum Gasteiger partial charge on any atom is 0.333 e. The first-order valence-corrected chi connectivity index (χ1v) is 4.66. The second-order valence-corrected chi connectivity index (χ2v) is 2.92. The fraction of sp³-hybridized carbons (Fsp3) is 0.455. The number of aliphatic carboxylic acids is 1. The Labute approximate surface area is 95.0 Å². The van der Waals surface area contributed by atoms with Crippen LogP contribution in [-0.4, -0.2) is 35.4 Å². The molecule has 16 heavy (non-hydrogen) atoms. The van der Waals surface area contributed by atoms with Crippen LogP contribution < -0.4 is 0 Å². The Balaban J connectivity index is 0.